The number of pyridine rings is 1. The molecule has 8 heteroatoms. The van der Waals surface area contributed by atoms with Gasteiger partial charge in [0.25, 0.3) is 0 Å². The number of carbonyl (C=O) groups is 1. The summed E-state index contributed by atoms with van der Waals surface area (Å²) in [6, 6.07) is 1.31. The quantitative estimate of drug-likeness (QED) is 0.340. The van der Waals surface area contributed by atoms with Crippen LogP contribution in [0.4, 0.5) is 0 Å². The van der Waals surface area contributed by atoms with Crippen LogP contribution in [0, 0.1) is 32.1 Å². The fraction of sp³-hybridized carbons (Fsp3) is 0.581. The number of amides is 1. The molecule has 8 rings (SSSR count). The van der Waals surface area contributed by atoms with Gasteiger partial charge >= 0.3 is 0 Å². The molecule has 2 unspecified atom stereocenters. The SMILES string of the molecule is Cc1c(-c2[nH]c3sc([C@@H]4CC5CC4CN5C4CC5(CCNC5=O)C4)c(C)c3c2C(C)C)cn2ncnc2c1C. The maximum atomic E-state index is 12.4. The minimum Gasteiger partial charge on any atom is -0.356 e. The largest absolute Gasteiger partial charge is 0.356 e. The molecular formula is C31H38N6OS. The zero-order valence-electron chi connectivity index (χ0n) is 23.6. The summed E-state index contributed by atoms with van der Waals surface area (Å²) < 4.78 is 1.92. The van der Waals surface area contributed by atoms with Crippen molar-refractivity contribution in [2.75, 3.05) is 13.1 Å². The van der Waals surface area contributed by atoms with Gasteiger partial charge in [-0.15, -0.1) is 11.3 Å². The number of fused-ring (bicyclic) bond motifs is 4. The lowest BCUT2D eigenvalue weighted by molar-refractivity contribution is -0.136. The molecule has 0 aromatic carbocycles. The van der Waals surface area contributed by atoms with Crippen LogP contribution < -0.4 is 5.32 Å². The number of nitrogens with one attached hydrogen (secondary N) is 2. The molecule has 2 N–H and O–H groups in total. The van der Waals surface area contributed by atoms with Crippen LogP contribution in [0.5, 0.6) is 0 Å². The van der Waals surface area contributed by atoms with Gasteiger partial charge in [-0.3, -0.25) is 9.69 Å². The first-order valence-electron chi connectivity index (χ1n) is 14.7. The van der Waals surface area contributed by atoms with Crippen LogP contribution in [0.15, 0.2) is 12.5 Å². The molecule has 39 heavy (non-hydrogen) atoms. The number of piperidine rings is 1. The number of aromatic amines is 1. The summed E-state index contributed by atoms with van der Waals surface area (Å²) in [7, 11) is 0. The third-order valence-corrected chi connectivity index (χ3v) is 12.3. The van der Waals surface area contributed by atoms with Crippen LogP contribution in [-0.4, -0.2) is 55.6 Å². The van der Waals surface area contributed by atoms with E-state index >= 15 is 0 Å². The smallest absolute Gasteiger partial charge is 0.226 e. The van der Waals surface area contributed by atoms with Gasteiger partial charge in [0.1, 0.15) is 11.2 Å². The monoisotopic (exact) mass is 542 g/mol. The Morgan fingerprint density at radius 1 is 1.10 bits per heavy atom. The van der Waals surface area contributed by atoms with Crippen LogP contribution in [0.1, 0.15) is 84.9 Å². The first kappa shape index (κ1) is 24.1. The highest BCUT2D eigenvalue weighted by Crippen LogP contribution is 2.57. The van der Waals surface area contributed by atoms with E-state index in [-0.39, 0.29) is 5.41 Å². The predicted octanol–water partition coefficient (Wildman–Crippen LogP) is 5.83. The van der Waals surface area contributed by atoms with Gasteiger partial charge in [-0.25, -0.2) is 9.50 Å². The van der Waals surface area contributed by atoms with Crippen molar-refractivity contribution in [1.82, 2.24) is 29.8 Å². The number of likely N-dealkylation sites (tertiary alicyclic amines) is 1. The van der Waals surface area contributed by atoms with Crippen molar-refractivity contribution in [3.8, 4) is 11.3 Å². The Bertz CT molecular complexity index is 1650. The molecule has 2 saturated heterocycles. The molecule has 2 saturated carbocycles. The van der Waals surface area contributed by atoms with E-state index in [0.717, 1.165) is 37.4 Å². The normalized spacial score (nSPS) is 30.5. The molecule has 2 aliphatic carbocycles. The molecule has 2 bridgehead atoms. The van der Waals surface area contributed by atoms with E-state index in [1.165, 1.54) is 63.1 Å². The van der Waals surface area contributed by atoms with Crippen LogP contribution in [0.25, 0.3) is 27.1 Å². The summed E-state index contributed by atoms with van der Waals surface area (Å²) in [5, 5.41) is 8.98. The minimum atomic E-state index is -0.0324. The standard InChI is InChI=1S/C31H38N6OS/c1-15(2)24-25-18(5)27(39-29(25)35-26(24)23-13-37-28(33-14-34-37)17(4)16(23)3)22-9-20-8-19(22)12-36(20)21-10-31(11-21)6-7-32-30(31)38/h13-15,19-22,35H,6-12H2,1-5H3,(H,32,38)/t19?,20?,21?,22-,31?/m1/s1. The first-order chi connectivity index (χ1) is 18.8. The average molecular weight is 543 g/mol. The fourth-order valence-electron chi connectivity index (χ4n) is 8.79. The van der Waals surface area contributed by atoms with Crippen molar-refractivity contribution in [3.63, 3.8) is 0 Å². The Hall–Kier alpha value is -2.71. The highest BCUT2D eigenvalue weighted by atomic mass is 32.1. The van der Waals surface area contributed by atoms with Crippen molar-refractivity contribution in [1.29, 1.82) is 0 Å². The summed E-state index contributed by atoms with van der Waals surface area (Å²) in [6.07, 6.45) is 9.58. The second-order valence-electron chi connectivity index (χ2n) is 13.2. The van der Waals surface area contributed by atoms with E-state index in [1.54, 1.807) is 11.2 Å². The number of thiophene rings is 1. The van der Waals surface area contributed by atoms with Gasteiger partial charge < -0.3 is 10.3 Å². The Morgan fingerprint density at radius 3 is 2.62 bits per heavy atom. The van der Waals surface area contributed by atoms with Crippen LogP contribution in [-0.2, 0) is 4.79 Å². The van der Waals surface area contributed by atoms with Crippen molar-refractivity contribution < 1.29 is 4.79 Å². The van der Waals surface area contributed by atoms with Gasteiger partial charge in [0.2, 0.25) is 5.91 Å². The number of carbonyl (C=O) groups excluding carboxylic acids is 1. The maximum Gasteiger partial charge on any atom is 0.226 e. The molecule has 1 amide bonds. The molecule has 204 valence electrons. The van der Waals surface area contributed by atoms with Gasteiger partial charge in [-0.1, -0.05) is 13.8 Å². The Balaban J connectivity index is 1.10. The van der Waals surface area contributed by atoms with E-state index in [1.807, 2.05) is 15.9 Å². The van der Waals surface area contributed by atoms with Crippen LogP contribution >= 0.6 is 11.3 Å². The van der Waals surface area contributed by atoms with Crippen molar-refractivity contribution in [3.05, 3.63) is 39.7 Å². The highest BCUT2D eigenvalue weighted by Gasteiger charge is 2.57. The fourth-order valence-corrected chi connectivity index (χ4v) is 10.2. The van der Waals surface area contributed by atoms with Gasteiger partial charge in [-0.05, 0) is 92.9 Å². The number of hydrogen-bond acceptors (Lipinski definition) is 5. The van der Waals surface area contributed by atoms with Crippen LogP contribution in [0.3, 0.4) is 0 Å². The number of rotatable bonds is 4. The first-order valence-corrected chi connectivity index (χ1v) is 15.6. The number of aromatic nitrogens is 4. The highest BCUT2D eigenvalue weighted by molar-refractivity contribution is 7.19. The maximum absolute atomic E-state index is 12.4. The molecule has 4 fully saturated rings. The van der Waals surface area contributed by atoms with Crippen LogP contribution in [0.2, 0.25) is 0 Å². The molecular weight excluding hydrogens is 504 g/mol. The van der Waals surface area contributed by atoms with Crippen molar-refractivity contribution >= 4 is 33.1 Å². The number of aryl methyl sites for hydroxylation is 2. The predicted molar refractivity (Wildman–Crippen MR) is 155 cm³/mol. The van der Waals surface area contributed by atoms with E-state index in [9.17, 15) is 4.79 Å². The molecule has 3 atom stereocenters. The zero-order valence-corrected chi connectivity index (χ0v) is 24.4. The molecule has 1 spiro atoms. The molecule has 6 heterocycles. The van der Waals surface area contributed by atoms with Crippen molar-refractivity contribution in [2.24, 2.45) is 11.3 Å². The summed E-state index contributed by atoms with van der Waals surface area (Å²) in [6.45, 7) is 13.5. The number of hydrogen-bond donors (Lipinski definition) is 2. The van der Waals surface area contributed by atoms with Crippen molar-refractivity contribution in [2.45, 2.75) is 90.6 Å². The number of H-pyrrole nitrogens is 1. The van der Waals surface area contributed by atoms with Gasteiger partial charge in [-0.2, -0.15) is 5.10 Å². The third-order valence-electron chi connectivity index (χ3n) is 10.9. The van der Waals surface area contributed by atoms with Gasteiger partial charge in [0, 0.05) is 47.2 Å². The lowest BCUT2D eigenvalue weighted by Crippen LogP contribution is -2.56. The van der Waals surface area contributed by atoms with E-state index in [4.69, 9.17) is 0 Å². The zero-order chi connectivity index (χ0) is 26.8. The molecule has 2 aliphatic heterocycles. The summed E-state index contributed by atoms with van der Waals surface area (Å²) >= 11 is 2.01. The lowest BCUT2D eigenvalue weighted by atomic mass is 9.63. The summed E-state index contributed by atoms with van der Waals surface area (Å²) in [5.74, 6) is 2.14. The Kier molecular flexibility index (Phi) is 5.05. The second kappa shape index (κ2) is 8.16. The summed E-state index contributed by atoms with van der Waals surface area (Å²) in [4.78, 5) is 26.4. The molecule has 0 radical (unpaired) electrons. The van der Waals surface area contributed by atoms with E-state index in [0.29, 0.717) is 29.8 Å². The lowest BCUT2D eigenvalue weighted by Gasteiger charge is -2.50. The number of nitrogens with zero attached hydrogens (tertiary/aromatic N) is 4. The Labute approximate surface area is 233 Å². The minimum absolute atomic E-state index is 0.0324. The van der Waals surface area contributed by atoms with Gasteiger partial charge in [0.05, 0.1) is 11.1 Å². The van der Waals surface area contributed by atoms with E-state index in [2.05, 4.69) is 66.1 Å². The average Bonchev–Trinajstić information content (AvgIpc) is 3.70. The molecule has 4 aromatic heterocycles. The Morgan fingerprint density at radius 2 is 1.92 bits per heavy atom. The third kappa shape index (κ3) is 3.22. The molecule has 4 aromatic rings. The second-order valence-corrected chi connectivity index (χ2v) is 14.3. The topological polar surface area (TPSA) is 78.3 Å². The van der Waals surface area contributed by atoms with E-state index < -0.39 is 0 Å². The molecule has 7 nitrogen and oxygen atoms in total. The molecule has 4 aliphatic rings. The van der Waals surface area contributed by atoms with Gasteiger partial charge in [0.15, 0.2) is 5.65 Å². The summed E-state index contributed by atoms with van der Waals surface area (Å²) in [5.41, 5.74) is 8.75.